The van der Waals surface area contributed by atoms with E-state index in [0.29, 0.717) is 24.3 Å². The van der Waals surface area contributed by atoms with Crippen molar-refractivity contribution < 1.29 is 32.5 Å². The molecule has 0 unspecified atom stereocenters. The van der Waals surface area contributed by atoms with E-state index < -0.39 is 15.8 Å². The Morgan fingerprint density at radius 1 is 1.21 bits per heavy atom. The first-order valence-corrected chi connectivity index (χ1v) is 10.6. The van der Waals surface area contributed by atoms with Crippen LogP contribution in [0.1, 0.15) is 35.7 Å². The molecular weight excluding hydrogens is 384 g/mol. The lowest BCUT2D eigenvalue weighted by Crippen LogP contribution is -2.07. The molecule has 8 heteroatoms. The summed E-state index contributed by atoms with van der Waals surface area (Å²) in [6.07, 6.45) is 1.29. The molecule has 0 radical (unpaired) electrons. The Morgan fingerprint density at radius 3 is 2.68 bits per heavy atom. The Balaban J connectivity index is 1.83. The number of aromatic hydroxyl groups is 1. The van der Waals surface area contributed by atoms with Crippen LogP contribution >= 0.6 is 0 Å². The minimum absolute atomic E-state index is 0.00977. The molecule has 0 spiro atoms. The first-order chi connectivity index (χ1) is 13.4. The standard InChI is InChI=1S/C20H22O7S/c1-3-8-26-18-11-20-19(27-12-28(20,23)24)10-14(18)15(21)6-4-13-5-7-17(25-2)16(22)9-13/h5,7,9-11,22H,3-4,6,8,12H2,1-2H3. The Kier molecular flexibility index (Phi) is 5.79. The van der Waals surface area contributed by atoms with Crippen LogP contribution in [0.4, 0.5) is 0 Å². The molecule has 0 saturated heterocycles. The van der Waals surface area contributed by atoms with Crippen LogP contribution < -0.4 is 14.2 Å². The SMILES string of the molecule is CCCOc1cc2c(cc1C(=O)CCc1ccc(OC)c(O)c1)OCS2(=O)=O. The fourth-order valence-corrected chi connectivity index (χ4v) is 4.05. The number of Topliss-reactive ketones (excluding diaryl/α,β-unsaturated/α-hetero) is 1. The number of phenols is 1. The van der Waals surface area contributed by atoms with Crippen molar-refractivity contribution in [3.8, 4) is 23.0 Å². The molecule has 1 aliphatic heterocycles. The first kappa shape index (κ1) is 20.0. The van der Waals surface area contributed by atoms with E-state index in [9.17, 15) is 18.3 Å². The molecule has 0 aliphatic carbocycles. The van der Waals surface area contributed by atoms with Gasteiger partial charge in [0.25, 0.3) is 0 Å². The Morgan fingerprint density at radius 2 is 2.00 bits per heavy atom. The maximum Gasteiger partial charge on any atom is 0.217 e. The molecule has 150 valence electrons. The zero-order valence-corrected chi connectivity index (χ0v) is 16.5. The molecule has 0 bridgehead atoms. The molecule has 0 saturated carbocycles. The summed E-state index contributed by atoms with van der Waals surface area (Å²) >= 11 is 0. The topological polar surface area (TPSA) is 99.1 Å². The van der Waals surface area contributed by atoms with E-state index in [1.165, 1.54) is 19.2 Å². The zero-order valence-electron chi connectivity index (χ0n) is 15.7. The summed E-state index contributed by atoms with van der Waals surface area (Å²) in [6.45, 7) is 2.29. The zero-order chi connectivity index (χ0) is 20.3. The summed E-state index contributed by atoms with van der Waals surface area (Å²) in [5, 5.41) is 9.87. The smallest absolute Gasteiger partial charge is 0.217 e. The van der Waals surface area contributed by atoms with Crippen molar-refractivity contribution in [3.63, 3.8) is 0 Å². The highest BCUT2D eigenvalue weighted by atomic mass is 32.2. The number of methoxy groups -OCH3 is 1. The minimum atomic E-state index is -3.52. The number of hydrogen-bond acceptors (Lipinski definition) is 7. The molecule has 0 atom stereocenters. The fourth-order valence-electron chi connectivity index (χ4n) is 2.93. The monoisotopic (exact) mass is 406 g/mol. The van der Waals surface area contributed by atoms with Crippen LogP contribution in [-0.4, -0.2) is 39.0 Å². The highest BCUT2D eigenvalue weighted by molar-refractivity contribution is 7.91. The number of carbonyl (C=O) groups excluding carboxylic acids is 1. The average molecular weight is 406 g/mol. The third-order valence-electron chi connectivity index (χ3n) is 4.40. The summed E-state index contributed by atoms with van der Waals surface area (Å²) < 4.78 is 40.0. The van der Waals surface area contributed by atoms with Crippen molar-refractivity contribution in [2.75, 3.05) is 19.7 Å². The summed E-state index contributed by atoms with van der Waals surface area (Å²) in [5.74, 6) is 0.166. The van der Waals surface area contributed by atoms with Crippen LogP contribution in [0.2, 0.25) is 0 Å². The highest BCUT2D eigenvalue weighted by Gasteiger charge is 2.31. The lowest BCUT2D eigenvalue weighted by Gasteiger charge is -2.12. The fraction of sp³-hybridized carbons (Fsp3) is 0.350. The molecule has 1 aliphatic rings. The van der Waals surface area contributed by atoms with E-state index in [1.807, 2.05) is 6.92 Å². The Bertz CT molecular complexity index is 996. The van der Waals surface area contributed by atoms with Gasteiger partial charge in [-0.05, 0) is 36.6 Å². The van der Waals surface area contributed by atoms with Gasteiger partial charge in [-0.3, -0.25) is 4.79 Å². The number of hydrogen-bond donors (Lipinski definition) is 1. The van der Waals surface area contributed by atoms with Gasteiger partial charge in [-0.1, -0.05) is 13.0 Å². The third-order valence-corrected chi connectivity index (χ3v) is 5.81. The lowest BCUT2D eigenvalue weighted by molar-refractivity contribution is 0.0978. The van der Waals surface area contributed by atoms with Crippen molar-refractivity contribution >= 4 is 15.6 Å². The molecule has 2 aromatic carbocycles. The van der Waals surface area contributed by atoms with E-state index >= 15 is 0 Å². The highest BCUT2D eigenvalue weighted by Crippen LogP contribution is 2.38. The second kappa shape index (κ2) is 8.10. The van der Waals surface area contributed by atoms with Crippen molar-refractivity contribution in [1.29, 1.82) is 0 Å². The van der Waals surface area contributed by atoms with Crippen molar-refractivity contribution in [1.82, 2.24) is 0 Å². The van der Waals surface area contributed by atoms with Crippen LogP contribution in [0.3, 0.4) is 0 Å². The van der Waals surface area contributed by atoms with Gasteiger partial charge in [-0.2, -0.15) is 0 Å². The molecule has 28 heavy (non-hydrogen) atoms. The number of phenolic OH excluding ortho intramolecular Hbond substituents is 1. The van der Waals surface area contributed by atoms with Gasteiger partial charge in [0.1, 0.15) is 16.4 Å². The van der Waals surface area contributed by atoms with Crippen LogP contribution in [-0.2, 0) is 16.3 Å². The maximum atomic E-state index is 12.8. The quantitative estimate of drug-likeness (QED) is 0.672. The van der Waals surface area contributed by atoms with Crippen LogP contribution in [0.5, 0.6) is 23.0 Å². The van der Waals surface area contributed by atoms with Crippen molar-refractivity contribution in [2.45, 2.75) is 31.1 Å². The number of benzene rings is 2. The summed E-state index contributed by atoms with van der Waals surface area (Å²) in [4.78, 5) is 12.9. The molecule has 1 N–H and O–H groups in total. The van der Waals surface area contributed by atoms with Gasteiger partial charge in [0.2, 0.25) is 9.84 Å². The molecular formula is C20H22O7S. The Labute approximate surface area is 163 Å². The second-order valence-electron chi connectivity index (χ2n) is 6.45. The largest absolute Gasteiger partial charge is 0.504 e. The van der Waals surface area contributed by atoms with E-state index in [1.54, 1.807) is 18.2 Å². The molecule has 0 aromatic heterocycles. The van der Waals surface area contributed by atoms with Crippen LogP contribution in [0.25, 0.3) is 0 Å². The van der Waals surface area contributed by atoms with E-state index in [2.05, 4.69) is 0 Å². The molecule has 0 fully saturated rings. The van der Waals surface area contributed by atoms with Gasteiger partial charge in [0.15, 0.2) is 23.2 Å². The molecule has 1 heterocycles. The third kappa shape index (κ3) is 4.06. The number of carbonyl (C=O) groups is 1. The second-order valence-corrected chi connectivity index (χ2v) is 8.35. The molecule has 3 rings (SSSR count). The number of ether oxygens (including phenoxy) is 3. The first-order valence-electron chi connectivity index (χ1n) is 8.91. The predicted octanol–water partition coefficient (Wildman–Crippen LogP) is 3.13. The summed E-state index contributed by atoms with van der Waals surface area (Å²) in [5.41, 5.74) is 1.07. The number of ketones is 1. The van der Waals surface area contributed by atoms with Gasteiger partial charge in [-0.25, -0.2) is 8.42 Å². The molecule has 0 amide bonds. The number of sulfone groups is 1. The van der Waals surface area contributed by atoms with Crippen molar-refractivity contribution in [2.24, 2.45) is 0 Å². The van der Waals surface area contributed by atoms with Gasteiger partial charge in [0.05, 0.1) is 19.3 Å². The number of rotatable bonds is 8. The van der Waals surface area contributed by atoms with Crippen molar-refractivity contribution in [3.05, 3.63) is 41.5 Å². The average Bonchev–Trinajstić information content (AvgIpc) is 2.98. The number of aryl methyl sites for hydroxylation is 1. The van der Waals surface area contributed by atoms with E-state index in [4.69, 9.17) is 14.2 Å². The Hall–Kier alpha value is -2.74. The predicted molar refractivity (Wildman–Crippen MR) is 102 cm³/mol. The maximum absolute atomic E-state index is 12.8. The normalized spacial score (nSPS) is 14.2. The van der Waals surface area contributed by atoms with Gasteiger partial charge < -0.3 is 19.3 Å². The van der Waals surface area contributed by atoms with E-state index in [0.717, 1.165) is 12.0 Å². The summed E-state index contributed by atoms with van der Waals surface area (Å²) in [7, 11) is -2.05. The lowest BCUT2D eigenvalue weighted by atomic mass is 10.0. The summed E-state index contributed by atoms with van der Waals surface area (Å²) in [6, 6.07) is 7.79. The molecule has 2 aromatic rings. The van der Waals surface area contributed by atoms with Crippen LogP contribution in [0, 0.1) is 0 Å². The minimum Gasteiger partial charge on any atom is -0.504 e. The number of fused-ring (bicyclic) bond motifs is 1. The molecule has 7 nitrogen and oxygen atoms in total. The van der Waals surface area contributed by atoms with Gasteiger partial charge in [0, 0.05) is 12.5 Å². The van der Waals surface area contributed by atoms with Crippen LogP contribution in [0.15, 0.2) is 35.2 Å². The van der Waals surface area contributed by atoms with Gasteiger partial charge in [-0.15, -0.1) is 0 Å². The van der Waals surface area contributed by atoms with E-state index in [-0.39, 0.29) is 34.3 Å². The van der Waals surface area contributed by atoms with Gasteiger partial charge >= 0.3 is 0 Å².